The molecule has 0 bridgehead atoms. The second-order valence-corrected chi connectivity index (χ2v) is 17.4. The zero-order valence-electron chi connectivity index (χ0n) is 41.4. The molecule has 0 spiro atoms. The monoisotopic (exact) mass is 1020 g/mol. The number of ether oxygens (including phenoxy) is 4. The largest absolute Gasteiger partial charge is 1.00 e. The van der Waals surface area contributed by atoms with E-state index in [0.717, 1.165) is 71.3 Å². The maximum Gasteiger partial charge on any atom is 1.00 e. The number of fused-ring (bicyclic) bond motifs is 2. The number of rotatable bonds is 11. The molecule has 70 heavy (non-hydrogen) atoms. The molecule has 2 saturated heterocycles. The van der Waals surface area contributed by atoms with Crippen molar-refractivity contribution in [1.82, 2.24) is 39.3 Å². The number of aromatic amines is 1. The van der Waals surface area contributed by atoms with Gasteiger partial charge < -0.3 is 39.7 Å². The molecule has 4 aromatic carbocycles. The number of nitrogens with zero attached hydrogens (tertiary/aromatic N) is 7. The summed E-state index contributed by atoms with van der Waals surface area (Å²) in [6.07, 6.45) is 10.8. The van der Waals surface area contributed by atoms with E-state index in [1.165, 1.54) is 11.1 Å². The molecule has 2 amide bonds. The van der Waals surface area contributed by atoms with Gasteiger partial charge in [-0.3, -0.25) is 19.6 Å². The van der Waals surface area contributed by atoms with Crippen LogP contribution in [0.3, 0.4) is 0 Å². The van der Waals surface area contributed by atoms with Crippen molar-refractivity contribution < 1.29 is 59.5 Å². The first-order chi connectivity index (χ1) is 33.8. The standard InChI is InChI=1S/C27H28N4O3.C21H23N3O3.C6H6BrN.Na.H/c1-33-22-15-21(16-23(17-22)34-2)27(32)30-13-9-20(10-14-30)26-29-24-5-3-4-6-25(24)31(26)18-19-7-11-28-12-8-19;1-26-16-11-15(12-17(13-16)27-2)21(25)24-9-7-14(8-10-24)20-22-18-5-3-4-6-19(18)23-20;7-5-6-1-3-8-4-2-6;;/h3-8,11-12,15-17,20H,9-10,13-14,18H2,1-2H3;3-6,11-14H,7-10H2,1-2H3,(H,22,23);1-4H,5H2;;/q;;;+1;-1. The predicted octanol–water partition coefficient (Wildman–Crippen LogP) is 7.21. The number of carbonyl (C=O) groups excluding carboxylic acids is 2. The Kier molecular flexibility index (Phi) is 18.4. The topological polar surface area (TPSA) is 150 Å². The van der Waals surface area contributed by atoms with Gasteiger partial charge in [-0.1, -0.05) is 40.2 Å². The molecule has 0 saturated carbocycles. The minimum absolute atomic E-state index is 0. The summed E-state index contributed by atoms with van der Waals surface area (Å²) in [6, 6.07) is 35.0. The summed E-state index contributed by atoms with van der Waals surface area (Å²) in [5.74, 6) is 5.23. The Morgan fingerprint density at radius 2 is 1.06 bits per heavy atom. The molecule has 2 fully saturated rings. The summed E-state index contributed by atoms with van der Waals surface area (Å²) in [6.45, 7) is 3.53. The Morgan fingerprint density at radius 1 is 0.600 bits per heavy atom. The summed E-state index contributed by atoms with van der Waals surface area (Å²) in [5.41, 5.74) is 7.83. The molecule has 2 aliphatic rings. The van der Waals surface area contributed by atoms with Crippen molar-refractivity contribution in [2.24, 2.45) is 0 Å². The van der Waals surface area contributed by atoms with Gasteiger partial charge in [0.15, 0.2) is 0 Å². The molecule has 0 unspecified atom stereocenters. The summed E-state index contributed by atoms with van der Waals surface area (Å²) in [7, 11) is 6.35. The molecular formula is C54H58BrN8NaO6. The van der Waals surface area contributed by atoms with Crippen molar-refractivity contribution >= 4 is 49.8 Å². The number of H-pyrrole nitrogens is 1. The van der Waals surface area contributed by atoms with Crippen molar-refractivity contribution in [3.8, 4) is 23.0 Å². The Balaban J connectivity index is 0.000000199. The molecule has 6 heterocycles. The first-order valence-electron chi connectivity index (χ1n) is 23.1. The van der Waals surface area contributed by atoms with Gasteiger partial charge in [0.2, 0.25) is 0 Å². The fourth-order valence-corrected chi connectivity index (χ4v) is 9.18. The van der Waals surface area contributed by atoms with Gasteiger partial charge in [-0.2, -0.15) is 0 Å². The number of amides is 2. The molecule has 0 aliphatic carbocycles. The fourth-order valence-electron chi connectivity index (χ4n) is 8.80. The normalized spacial score (nSPS) is 13.8. The van der Waals surface area contributed by atoms with E-state index < -0.39 is 0 Å². The number of hydrogen-bond donors (Lipinski definition) is 1. The van der Waals surface area contributed by atoms with Crippen molar-refractivity contribution in [3.63, 3.8) is 0 Å². The van der Waals surface area contributed by atoms with E-state index in [1.807, 2.05) is 76.8 Å². The molecule has 14 nitrogen and oxygen atoms in total. The number of methoxy groups -OCH3 is 4. The Hall–Kier alpha value is -6.26. The minimum atomic E-state index is 0. The Morgan fingerprint density at radius 3 is 1.53 bits per heavy atom. The second kappa shape index (κ2) is 25.0. The number of alkyl halides is 1. The van der Waals surface area contributed by atoms with Crippen LogP contribution in [-0.2, 0) is 11.9 Å². The van der Waals surface area contributed by atoms with Crippen molar-refractivity contribution in [3.05, 3.63) is 168 Å². The molecule has 10 rings (SSSR count). The third-order valence-corrected chi connectivity index (χ3v) is 13.2. The Bertz CT molecular complexity index is 2890. The van der Waals surface area contributed by atoms with E-state index in [-0.39, 0.29) is 48.7 Å². The van der Waals surface area contributed by atoms with Crippen LogP contribution in [0.1, 0.15) is 82.4 Å². The third-order valence-electron chi connectivity index (χ3n) is 12.6. The van der Waals surface area contributed by atoms with Crippen LogP contribution in [-0.4, -0.2) is 106 Å². The number of likely N-dealkylation sites (tertiary alicyclic amines) is 2. The number of hydrogen-bond acceptors (Lipinski definition) is 10. The van der Waals surface area contributed by atoms with Gasteiger partial charge in [0.25, 0.3) is 11.8 Å². The zero-order chi connectivity index (χ0) is 48.1. The van der Waals surface area contributed by atoms with Crippen LogP contribution < -0.4 is 48.5 Å². The number of nitrogens with one attached hydrogen (secondary N) is 1. The van der Waals surface area contributed by atoms with Crippen molar-refractivity contribution in [1.29, 1.82) is 0 Å². The van der Waals surface area contributed by atoms with Crippen LogP contribution in [0.5, 0.6) is 23.0 Å². The van der Waals surface area contributed by atoms with Gasteiger partial charge in [-0.15, -0.1) is 0 Å². The number of imidazole rings is 2. The number of para-hydroxylation sites is 4. The van der Waals surface area contributed by atoms with E-state index in [9.17, 15) is 9.59 Å². The van der Waals surface area contributed by atoms with Gasteiger partial charge in [-0.05, 0) is 110 Å². The number of pyridine rings is 2. The van der Waals surface area contributed by atoms with E-state index >= 15 is 0 Å². The molecule has 2 aliphatic heterocycles. The van der Waals surface area contributed by atoms with Gasteiger partial charge in [-0.25, -0.2) is 9.97 Å². The van der Waals surface area contributed by atoms with E-state index in [0.29, 0.717) is 66.2 Å². The summed E-state index contributed by atoms with van der Waals surface area (Å²) in [4.78, 5) is 51.1. The molecule has 358 valence electrons. The van der Waals surface area contributed by atoms with Crippen LogP contribution in [0, 0.1) is 0 Å². The number of aromatic nitrogens is 6. The molecule has 4 aromatic heterocycles. The van der Waals surface area contributed by atoms with Gasteiger partial charge in [0.1, 0.15) is 34.6 Å². The fraction of sp³-hybridized carbons (Fsp3) is 0.296. The molecule has 0 atom stereocenters. The average Bonchev–Trinajstić information content (AvgIpc) is 4.03. The maximum absolute atomic E-state index is 13.2. The quantitative estimate of drug-likeness (QED) is 0.104. The summed E-state index contributed by atoms with van der Waals surface area (Å²) in [5, 5.41) is 0.912. The predicted molar refractivity (Wildman–Crippen MR) is 272 cm³/mol. The molecular weight excluding hydrogens is 960 g/mol. The zero-order valence-corrected chi connectivity index (χ0v) is 44.0. The molecule has 0 radical (unpaired) electrons. The van der Waals surface area contributed by atoms with E-state index in [2.05, 4.69) is 53.6 Å². The summed E-state index contributed by atoms with van der Waals surface area (Å²) < 4.78 is 23.5. The van der Waals surface area contributed by atoms with Crippen molar-refractivity contribution in [2.75, 3.05) is 54.6 Å². The van der Waals surface area contributed by atoms with Gasteiger partial charge >= 0.3 is 29.6 Å². The maximum atomic E-state index is 13.2. The third kappa shape index (κ3) is 12.7. The van der Waals surface area contributed by atoms with Crippen molar-refractivity contribution in [2.45, 2.75) is 49.4 Å². The van der Waals surface area contributed by atoms with E-state index in [1.54, 1.807) is 77.2 Å². The smallest absolute Gasteiger partial charge is 1.00 e. The van der Waals surface area contributed by atoms with Crippen LogP contribution in [0.15, 0.2) is 134 Å². The second-order valence-electron chi connectivity index (χ2n) is 16.9. The Labute approximate surface area is 440 Å². The number of benzene rings is 4. The number of carbonyl (C=O) groups is 2. The van der Waals surface area contributed by atoms with Gasteiger partial charge in [0, 0.05) is 97.9 Å². The van der Waals surface area contributed by atoms with Crippen LogP contribution in [0.4, 0.5) is 0 Å². The number of halogens is 1. The van der Waals surface area contributed by atoms with Gasteiger partial charge in [0.05, 0.1) is 50.5 Å². The number of piperidine rings is 2. The molecule has 1 N–H and O–H groups in total. The summed E-state index contributed by atoms with van der Waals surface area (Å²) >= 11 is 3.33. The molecule has 8 aromatic rings. The van der Waals surface area contributed by atoms with Crippen LogP contribution in [0.25, 0.3) is 22.1 Å². The minimum Gasteiger partial charge on any atom is -1.00 e. The first kappa shape index (κ1) is 51.6. The van der Waals surface area contributed by atoms with Crippen LogP contribution in [0.2, 0.25) is 0 Å². The SMILES string of the molecule is BrCc1ccncc1.COc1cc(OC)cc(C(=O)N2CCC(c3nc4ccccc4[nH]3)CC2)c1.COc1cc(OC)cc(C(=O)N2CCC(c3nc4ccccc4n3Cc3ccncc3)CC2)c1.[H-].[Na+]. The first-order valence-corrected chi connectivity index (χ1v) is 24.2. The van der Waals surface area contributed by atoms with Crippen LogP contribution >= 0.6 is 15.9 Å². The molecule has 16 heteroatoms. The average molecular weight is 1020 g/mol. The van der Waals surface area contributed by atoms with E-state index in [4.69, 9.17) is 28.9 Å².